The summed E-state index contributed by atoms with van der Waals surface area (Å²) < 4.78 is 0. The zero-order valence-electron chi connectivity index (χ0n) is 53.5. The fourth-order valence-corrected chi connectivity index (χ4v) is 11.9. The van der Waals surface area contributed by atoms with Gasteiger partial charge in [0, 0.05) is 22.3 Å². The van der Waals surface area contributed by atoms with Gasteiger partial charge in [0.2, 0.25) is 0 Å². The highest BCUT2D eigenvalue weighted by Crippen LogP contribution is 2.60. The maximum absolute atomic E-state index is 13.7. The Morgan fingerprint density at radius 2 is 0.375 bits per heavy atom. The second-order valence-corrected chi connectivity index (χ2v) is 31.5. The third-order valence-electron chi connectivity index (χ3n) is 16.9. The van der Waals surface area contributed by atoms with Gasteiger partial charge in [-0.25, -0.2) is 0 Å². The molecule has 0 fully saturated rings. The highest BCUT2D eigenvalue weighted by molar-refractivity contribution is 5.74. The van der Waals surface area contributed by atoms with Gasteiger partial charge in [-0.3, -0.25) is 0 Å². The van der Waals surface area contributed by atoms with E-state index >= 15 is 0 Å². The first-order valence-electron chi connectivity index (χ1n) is 29.2. The van der Waals surface area contributed by atoms with Crippen LogP contribution in [0.1, 0.15) is 255 Å². The molecular weight excluding hydrogens is 977 g/mol. The van der Waals surface area contributed by atoms with Crippen molar-refractivity contribution < 1.29 is 20.4 Å². The molecule has 7 aromatic rings. The Hall–Kier alpha value is -6.26. The molecule has 0 aliphatic heterocycles. The summed E-state index contributed by atoms with van der Waals surface area (Å²) in [5.74, 6) is 0.621. The summed E-state index contributed by atoms with van der Waals surface area (Å²) in [6, 6.07) is 47.0. The summed E-state index contributed by atoms with van der Waals surface area (Å²) in [5.41, 5.74) is 6.95. The minimum atomic E-state index is -1.42. The van der Waals surface area contributed by atoms with Gasteiger partial charge in [-0.2, -0.15) is 0 Å². The maximum Gasteiger partial charge on any atom is 0.124 e. The molecular formula is C76H98O4. The molecule has 4 N–H and O–H groups in total. The molecule has 0 heterocycles. The van der Waals surface area contributed by atoms with Crippen molar-refractivity contribution in [1.82, 2.24) is 0 Å². The largest absolute Gasteiger partial charge is 0.507 e. The predicted molar refractivity (Wildman–Crippen MR) is 339 cm³/mol. The van der Waals surface area contributed by atoms with Gasteiger partial charge in [0.15, 0.2) is 0 Å². The molecule has 4 nitrogen and oxygen atoms in total. The van der Waals surface area contributed by atoms with Crippen LogP contribution in [-0.4, -0.2) is 20.4 Å². The van der Waals surface area contributed by atoms with E-state index in [1.54, 1.807) is 0 Å². The third kappa shape index (κ3) is 11.1. The number of hydrogen-bond acceptors (Lipinski definition) is 4. The molecule has 0 atom stereocenters. The van der Waals surface area contributed by atoms with Crippen molar-refractivity contribution in [2.75, 3.05) is 0 Å². The first-order valence-corrected chi connectivity index (χ1v) is 29.2. The van der Waals surface area contributed by atoms with Crippen molar-refractivity contribution in [2.45, 2.75) is 220 Å². The van der Waals surface area contributed by atoms with Gasteiger partial charge in [0.05, 0.1) is 10.8 Å². The lowest BCUT2D eigenvalue weighted by molar-refractivity contribution is 0.419. The van der Waals surface area contributed by atoms with Gasteiger partial charge in [0.25, 0.3) is 0 Å². The molecule has 0 bridgehead atoms. The van der Waals surface area contributed by atoms with E-state index in [1.807, 2.05) is 12.1 Å². The molecule has 0 aromatic heterocycles. The zero-order valence-corrected chi connectivity index (χ0v) is 53.5. The summed E-state index contributed by atoms with van der Waals surface area (Å²) in [5, 5.41) is 54.8. The standard InChI is InChI=1S/C76H98O4/c1-67(2,3)51-39-55(71(13,14)15)63(77)59(43-51)75(47-32-27-25-28-33-47,60-44-52(68(4,5)6)40-56(64(60)78)72(16,17)18)49-36-31-37-50(38-49)76(48-34-29-26-30-35-48,61-45-53(69(7,8)9)41-57(65(61)79)73(19,20)21)62-46-54(70(10,11)12)42-58(66(62)80)74(22,23)24/h25-46,77-80H,1-24H3. The van der Waals surface area contributed by atoms with Crippen molar-refractivity contribution in [3.8, 4) is 23.0 Å². The zero-order chi connectivity index (χ0) is 60.1. The second-order valence-electron chi connectivity index (χ2n) is 31.5. The first-order chi connectivity index (χ1) is 36.4. The van der Waals surface area contributed by atoms with E-state index in [2.05, 4.69) is 287 Å². The van der Waals surface area contributed by atoms with Crippen molar-refractivity contribution in [2.24, 2.45) is 0 Å². The van der Waals surface area contributed by atoms with Crippen LogP contribution >= 0.6 is 0 Å². The molecule has 0 saturated heterocycles. The molecule has 0 aliphatic carbocycles. The molecule has 0 unspecified atom stereocenters. The molecule has 0 spiro atoms. The Kier molecular flexibility index (Phi) is 15.6. The van der Waals surface area contributed by atoms with Crippen LogP contribution in [0.3, 0.4) is 0 Å². The quantitative estimate of drug-likeness (QED) is 0.114. The Labute approximate surface area is 483 Å². The second kappa shape index (κ2) is 20.3. The van der Waals surface area contributed by atoms with Crippen LogP contribution in [0.25, 0.3) is 0 Å². The van der Waals surface area contributed by atoms with Crippen LogP contribution in [0.2, 0.25) is 0 Å². The predicted octanol–water partition coefficient (Wildman–Crippen LogP) is 19.7. The number of hydrogen-bond donors (Lipinski definition) is 4. The minimum Gasteiger partial charge on any atom is -0.507 e. The molecule has 0 saturated carbocycles. The van der Waals surface area contributed by atoms with E-state index in [4.69, 9.17) is 0 Å². The van der Waals surface area contributed by atoms with Crippen LogP contribution < -0.4 is 0 Å². The highest BCUT2D eigenvalue weighted by atomic mass is 16.3. The first kappa shape index (κ1) is 61.4. The summed E-state index contributed by atoms with van der Waals surface area (Å²) in [6.45, 7) is 52.5. The molecule has 7 rings (SSSR count). The van der Waals surface area contributed by atoms with E-state index in [-0.39, 0.29) is 44.7 Å². The normalized spacial score (nSPS) is 13.7. The fraction of sp³-hybridized carbons (Fsp3) is 0.447. The van der Waals surface area contributed by atoms with Gasteiger partial charge in [0.1, 0.15) is 23.0 Å². The third-order valence-corrected chi connectivity index (χ3v) is 16.9. The Morgan fingerprint density at radius 3 is 0.562 bits per heavy atom. The Morgan fingerprint density at radius 1 is 0.188 bits per heavy atom. The van der Waals surface area contributed by atoms with Crippen LogP contribution in [-0.2, 0) is 54.1 Å². The van der Waals surface area contributed by atoms with E-state index in [0.29, 0.717) is 22.3 Å². The number of benzene rings is 7. The summed E-state index contributed by atoms with van der Waals surface area (Å²) in [7, 11) is 0. The van der Waals surface area contributed by atoms with Gasteiger partial charge in [-0.05, 0) is 134 Å². The van der Waals surface area contributed by atoms with Gasteiger partial charge in [-0.15, -0.1) is 0 Å². The molecule has 0 aliphatic rings. The Bertz CT molecular complexity index is 3020. The van der Waals surface area contributed by atoms with Crippen LogP contribution in [0.15, 0.2) is 133 Å². The van der Waals surface area contributed by atoms with Crippen molar-refractivity contribution in [3.63, 3.8) is 0 Å². The van der Waals surface area contributed by atoms with E-state index < -0.39 is 32.5 Å². The maximum atomic E-state index is 13.7. The lowest BCUT2D eigenvalue weighted by Gasteiger charge is -2.43. The lowest BCUT2D eigenvalue weighted by Crippen LogP contribution is -2.36. The van der Waals surface area contributed by atoms with Gasteiger partial charge < -0.3 is 20.4 Å². The minimum absolute atomic E-state index is 0.155. The molecule has 0 amide bonds. The molecule has 80 heavy (non-hydrogen) atoms. The average molecular weight is 1080 g/mol. The fourth-order valence-electron chi connectivity index (χ4n) is 11.9. The van der Waals surface area contributed by atoms with E-state index in [0.717, 1.165) is 66.8 Å². The smallest absolute Gasteiger partial charge is 0.124 e. The van der Waals surface area contributed by atoms with E-state index in [1.165, 1.54) is 0 Å². The molecule has 7 aromatic carbocycles. The van der Waals surface area contributed by atoms with Crippen molar-refractivity contribution in [1.29, 1.82) is 0 Å². The lowest BCUT2D eigenvalue weighted by atomic mass is 9.58. The number of phenolic OH excluding ortho intramolecular Hbond substituents is 4. The molecule has 426 valence electrons. The number of phenols is 4. The molecule has 0 radical (unpaired) electrons. The van der Waals surface area contributed by atoms with Gasteiger partial charge in [-0.1, -0.05) is 275 Å². The summed E-state index contributed by atoms with van der Waals surface area (Å²) >= 11 is 0. The summed E-state index contributed by atoms with van der Waals surface area (Å²) in [4.78, 5) is 0. The van der Waals surface area contributed by atoms with Crippen molar-refractivity contribution >= 4 is 0 Å². The monoisotopic (exact) mass is 1070 g/mol. The Balaban J connectivity index is 1.93. The van der Waals surface area contributed by atoms with Crippen molar-refractivity contribution in [3.05, 3.63) is 222 Å². The average Bonchev–Trinajstić information content (AvgIpc) is 3.31. The number of rotatable bonds is 8. The topological polar surface area (TPSA) is 80.9 Å². The van der Waals surface area contributed by atoms with E-state index in [9.17, 15) is 20.4 Å². The van der Waals surface area contributed by atoms with Gasteiger partial charge >= 0.3 is 0 Å². The SMILES string of the molecule is CC(C)(C)c1cc(C(C)(C)C)c(O)c(C(c2ccccc2)(c2cccc(C(c3ccccc3)(c3cc(C(C)(C)C)cc(C(C)(C)C)c3O)c3cc(C(C)(C)C)cc(C(C)(C)C)c3O)c2)c2cc(C(C)(C)C)cc(C(C)(C)C)c2O)c1. The number of aromatic hydroxyl groups is 4. The highest BCUT2D eigenvalue weighted by Gasteiger charge is 2.50. The van der Waals surface area contributed by atoms with Crippen LogP contribution in [0, 0.1) is 0 Å². The molecule has 4 heteroatoms. The summed E-state index contributed by atoms with van der Waals surface area (Å²) in [6.07, 6.45) is 0. The van der Waals surface area contributed by atoms with Crippen LogP contribution in [0.4, 0.5) is 0 Å². The van der Waals surface area contributed by atoms with Crippen LogP contribution in [0.5, 0.6) is 23.0 Å².